The highest BCUT2D eigenvalue weighted by Crippen LogP contribution is 2.13. The fraction of sp³-hybridized carbons (Fsp3) is 0.455. The molecule has 2 N–H and O–H groups in total. The molecule has 0 fully saturated rings. The Morgan fingerprint density at radius 2 is 1.63 bits per heavy atom. The van der Waals surface area contributed by atoms with E-state index in [1.54, 1.807) is 12.1 Å². The number of hydrogen-bond acceptors (Lipinski definition) is 5. The highest BCUT2D eigenvalue weighted by atomic mass is 32.2. The number of sulfone groups is 1. The minimum Gasteiger partial charge on any atom is -0.385 e. The third-order valence-corrected chi connectivity index (χ3v) is 4.91. The standard InChI is InChI=1S/C11H18N2O4S2/c1-12-19(16,17)11-6-4-10(5-7-11)13-8-3-9-18(2,14)15/h4-7,12-13H,3,8-9H2,1-2H3. The Hall–Kier alpha value is -1.12. The number of anilines is 1. The molecule has 0 bridgehead atoms. The molecular formula is C11H18N2O4S2. The highest BCUT2D eigenvalue weighted by Gasteiger charge is 2.10. The number of sulfonamides is 1. The van der Waals surface area contributed by atoms with Gasteiger partial charge in [-0.3, -0.25) is 0 Å². The summed E-state index contributed by atoms with van der Waals surface area (Å²) in [5.74, 6) is 0.131. The zero-order chi connectivity index (χ0) is 14.5. The molecule has 1 aromatic rings. The maximum absolute atomic E-state index is 11.5. The van der Waals surface area contributed by atoms with Crippen molar-refractivity contribution in [2.45, 2.75) is 11.3 Å². The smallest absolute Gasteiger partial charge is 0.240 e. The van der Waals surface area contributed by atoms with Gasteiger partial charge < -0.3 is 5.32 Å². The molecule has 0 saturated carbocycles. The Labute approximate surface area is 114 Å². The molecule has 0 aliphatic heterocycles. The van der Waals surface area contributed by atoms with E-state index in [9.17, 15) is 16.8 Å². The largest absolute Gasteiger partial charge is 0.385 e. The van der Waals surface area contributed by atoms with Crippen molar-refractivity contribution >= 4 is 25.5 Å². The number of rotatable bonds is 7. The van der Waals surface area contributed by atoms with Crippen molar-refractivity contribution in [3.05, 3.63) is 24.3 Å². The molecule has 0 radical (unpaired) electrons. The Kier molecular flexibility index (Phi) is 5.33. The first-order chi connectivity index (χ1) is 8.74. The van der Waals surface area contributed by atoms with Gasteiger partial charge in [0.05, 0.1) is 10.6 Å². The van der Waals surface area contributed by atoms with Gasteiger partial charge in [-0.1, -0.05) is 0 Å². The molecular weight excluding hydrogens is 288 g/mol. The van der Waals surface area contributed by atoms with Crippen LogP contribution in [0.25, 0.3) is 0 Å². The Morgan fingerprint density at radius 3 is 2.11 bits per heavy atom. The summed E-state index contributed by atoms with van der Waals surface area (Å²) >= 11 is 0. The van der Waals surface area contributed by atoms with E-state index in [4.69, 9.17) is 0 Å². The van der Waals surface area contributed by atoms with Crippen LogP contribution in [0.5, 0.6) is 0 Å². The molecule has 0 atom stereocenters. The van der Waals surface area contributed by atoms with Crippen LogP contribution in [0.3, 0.4) is 0 Å². The zero-order valence-electron chi connectivity index (χ0n) is 10.9. The van der Waals surface area contributed by atoms with Crippen molar-refractivity contribution in [2.75, 3.05) is 30.9 Å². The molecule has 0 aliphatic carbocycles. The van der Waals surface area contributed by atoms with Gasteiger partial charge in [0.1, 0.15) is 9.84 Å². The first-order valence-corrected chi connectivity index (χ1v) is 9.24. The van der Waals surface area contributed by atoms with Gasteiger partial charge in [0.25, 0.3) is 0 Å². The third kappa shape index (κ3) is 5.58. The maximum Gasteiger partial charge on any atom is 0.240 e. The van der Waals surface area contributed by atoms with Crippen molar-refractivity contribution in [3.63, 3.8) is 0 Å². The summed E-state index contributed by atoms with van der Waals surface area (Å²) in [4.78, 5) is 0.191. The molecule has 6 nitrogen and oxygen atoms in total. The van der Waals surface area contributed by atoms with Gasteiger partial charge in [-0.05, 0) is 37.7 Å². The second-order valence-electron chi connectivity index (χ2n) is 4.14. The fourth-order valence-electron chi connectivity index (χ4n) is 1.44. The number of hydrogen-bond donors (Lipinski definition) is 2. The van der Waals surface area contributed by atoms with Gasteiger partial charge in [0, 0.05) is 18.5 Å². The van der Waals surface area contributed by atoms with Crippen molar-refractivity contribution < 1.29 is 16.8 Å². The summed E-state index contributed by atoms with van der Waals surface area (Å²) in [6.45, 7) is 0.519. The second kappa shape index (κ2) is 6.36. The van der Waals surface area contributed by atoms with Crippen LogP contribution in [0.1, 0.15) is 6.42 Å². The van der Waals surface area contributed by atoms with Crippen LogP contribution in [-0.4, -0.2) is 42.4 Å². The molecule has 1 rings (SSSR count). The molecule has 19 heavy (non-hydrogen) atoms. The fourth-order valence-corrected chi connectivity index (χ4v) is 2.84. The molecule has 0 spiro atoms. The molecule has 0 unspecified atom stereocenters. The van der Waals surface area contributed by atoms with Gasteiger partial charge in [-0.25, -0.2) is 21.6 Å². The molecule has 1 aromatic carbocycles. The first-order valence-electron chi connectivity index (χ1n) is 5.70. The van der Waals surface area contributed by atoms with Crippen molar-refractivity contribution in [1.29, 1.82) is 0 Å². The van der Waals surface area contributed by atoms with Gasteiger partial charge in [-0.15, -0.1) is 0 Å². The third-order valence-electron chi connectivity index (χ3n) is 2.45. The Balaban J connectivity index is 2.54. The topological polar surface area (TPSA) is 92.3 Å². The summed E-state index contributed by atoms with van der Waals surface area (Å²) in [6.07, 6.45) is 1.71. The Bertz CT molecular complexity index is 607. The average molecular weight is 306 g/mol. The molecule has 0 heterocycles. The summed E-state index contributed by atoms with van der Waals surface area (Å²) in [5.41, 5.74) is 0.753. The quantitative estimate of drug-likeness (QED) is 0.713. The predicted octanol–water partition coefficient (Wildman–Crippen LogP) is 0.441. The molecule has 8 heteroatoms. The zero-order valence-corrected chi connectivity index (χ0v) is 12.5. The lowest BCUT2D eigenvalue weighted by molar-refractivity contribution is 0.588. The minimum atomic E-state index is -3.42. The highest BCUT2D eigenvalue weighted by molar-refractivity contribution is 7.90. The molecule has 0 aliphatic rings. The van der Waals surface area contributed by atoms with E-state index in [1.165, 1.54) is 25.4 Å². The van der Waals surface area contributed by atoms with Crippen LogP contribution in [0, 0.1) is 0 Å². The lowest BCUT2D eigenvalue weighted by Gasteiger charge is -2.07. The van der Waals surface area contributed by atoms with Crippen LogP contribution in [0.15, 0.2) is 29.2 Å². The monoisotopic (exact) mass is 306 g/mol. The van der Waals surface area contributed by atoms with Gasteiger partial charge in [0.2, 0.25) is 10.0 Å². The van der Waals surface area contributed by atoms with E-state index < -0.39 is 19.9 Å². The molecule has 108 valence electrons. The van der Waals surface area contributed by atoms with Crippen molar-refractivity contribution in [3.8, 4) is 0 Å². The lowest BCUT2D eigenvalue weighted by atomic mass is 10.3. The summed E-state index contributed by atoms with van der Waals surface area (Å²) in [6, 6.07) is 6.27. The van der Waals surface area contributed by atoms with Crippen molar-refractivity contribution in [2.24, 2.45) is 0 Å². The minimum absolute atomic E-state index is 0.131. The molecule has 0 saturated heterocycles. The van der Waals surface area contributed by atoms with E-state index in [0.29, 0.717) is 13.0 Å². The van der Waals surface area contributed by atoms with Crippen LogP contribution in [-0.2, 0) is 19.9 Å². The van der Waals surface area contributed by atoms with Crippen LogP contribution >= 0.6 is 0 Å². The van der Waals surface area contributed by atoms with Gasteiger partial charge in [-0.2, -0.15) is 0 Å². The molecule has 0 aromatic heterocycles. The van der Waals surface area contributed by atoms with Gasteiger partial charge >= 0.3 is 0 Å². The van der Waals surface area contributed by atoms with E-state index in [-0.39, 0.29) is 10.6 Å². The van der Waals surface area contributed by atoms with E-state index in [2.05, 4.69) is 10.0 Å². The predicted molar refractivity (Wildman–Crippen MR) is 75.5 cm³/mol. The molecule has 0 amide bonds. The van der Waals surface area contributed by atoms with Crippen molar-refractivity contribution in [1.82, 2.24) is 4.72 Å². The normalized spacial score (nSPS) is 12.3. The average Bonchev–Trinajstić information content (AvgIpc) is 2.34. The number of nitrogens with one attached hydrogen (secondary N) is 2. The number of benzene rings is 1. The summed E-state index contributed by atoms with van der Waals surface area (Å²) in [7, 11) is -5.00. The SMILES string of the molecule is CNS(=O)(=O)c1ccc(NCCCS(C)(=O)=O)cc1. The van der Waals surface area contributed by atoms with E-state index >= 15 is 0 Å². The second-order valence-corrected chi connectivity index (χ2v) is 8.29. The summed E-state index contributed by atoms with van der Waals surface area (Å²) in [5, 5.41) is 3.03. The summed E-state index contributed by atoms with van der Waals surface area (Å²) < 4.78 is 47.1. The van der Waals surface area contributed by atoms with E-state index in [1.807, 2.05) is 0 Å². The lowest BCUT2D eigenvalue weighted by Crippen LogP contribution is -2.18. The van der Waals surface area contributed by atoms with Gasteiger partial charge in [0.15, 0.2) is 0 Å². The van der Waals surface area contributed by atoms with Crippen LogP contribution in [0.2, 0.25) is 0 Å². The maximum atomic E-state index is 11.5. The van der Waals surface area contributed by atoms with E-state index in [0.717, 1.165) is 5.69 Å². The van der Waals surface area contributed by atoms with Crippen LogP contribution in [0.4, 0.5) is 5.69 Å². The van der Waals surface area contributed by atoms with Crippen LogP contribution < -0.4 is 10.0 Å². The Morgan fingerprint density at radius 1 is 1.05 bits per heavy atom. The first kappa shape index (κ1) is 15.9.